The predicted molar refractivity (Wildman–Crippen MR) is 160 cm³/mol. The number of nitrogens with zero attached hydrogens (tertiary/aromatic N) is 2. The van der Waals surface area contributed by atoms with Crippen LogP contribution in [0, 0.1) is 0 Å². The Morgan fingerprint density at radius 3 is 2.09 bits per heavy atom. The predicted octanol–water partition coefficient (Wildman–Crippen LogP) is 6.05. The van der Waals surface area contributed by atoms with Crippen molar-refractivity contribution >= 4 is 18.2 Å². The fourth-order valence-electron chi connectivity index (χ4n) is 4.93. The molecule has 2 amide bonds. The van der Waals surface area contributed by atoms with Crippen LogP contribution in [0.15, 0.2) is 42.5 Å². The van der Waals surface area contributed by atoms with Crippen molar-refractivity contribution in [1.29, 1.82) is 0 Å². The van der Waals surface area contributed by atoms with Crippen LogP contribution >= 0.6 is 0 Å². The smallest absolute Gasteiger partial charge is 0.410 e. The molecule has 0 spiro atoms. The lowest BCUT2D eigenvalue weighted by Crippen LogP contribution is -2.39. The molecule has 43 heavy (non-hydrogen) atoms. The second-order valence-electron chi connectivity index (χ2n) is 12.9. The molecule has 1 unspecified atom stereocenters. The summed E-state index contributed by atoms with van der Waals surface area (Å²) in [5.41, 5.74) is 1.55. The van der Waals surface area contributed by atoms with Crippen LogP contribution in [0.3, 0.4) is 0 Å². The van der Waals surface area contributed by atoms with Gasteiger partial charge in [-0.2, -0.15) is 0 Å². The highest BCUT2D eigenvalue weighted by molar-refractivity contribution is 5.77. The van der Waals surface area contributed by atoms with E-state index in [9.17, 15) is 14.4 Å². The number of amides is 2. The first kappa shape index (κ1) is 32.0. The summed E-state index contributed by atoms with van der Waals surface area (Å²) < 4.78 is 28.7. The lowest BCUT2D eigenvalue weighted by Gasteiger charge is -2.31. The molecule has 0 N–H and O–H groups in total. The maximum Gasteiger partial charge on any atom is 0.410 e. The molecule has 0 aliphatic carbocycles. The summed E-state index contributed by atoms with van der Waals surface area (Å²) >= 11 is 0. The number of carbonyl (C=O) groups is 3. The second kappa shape index (κ2) is 13.1. The van der Waals surface area contributed by atoms with Gasteiger partial charge in [0.25, 0.3) is 0 Å². The third kappa shape index (κ3) is 9.02. The van der Waals surface area contributed by atoms with Crippen LogP contribution in [0.1, 0.15) is 77.7 Å². The molecule has 2 atom stereocenters. The maximum absolute atomic E-state index is 13.0. The minimum absolute atomic E-state index is 0.161. The zero-order chi connectivity index (χ0) is 31.4. The first-order valence-electron chi connectivity index (χ1n) is 14.9. The van der Waals surface area contributed by atoms with E-state index in [1.807, 2.05) is 59.7 Å². The molecule has 2 aliphatic rings. The second-order valence-corrected chi connectivity index (χ2v) is 12.9. The minimum atomic E-state index is -0.994. The van der Waals surface area contributed by atoms with Gasteiger partial charge >= 0.3 is 18.2 Å². The zero-order valence-corrected chi connectivity index (χ0v) is 26.3. The van der Waals surface area contributed by atoms with Crippen LogP contribution in [0.4, 0.5) is 9.59 Å². The number of benzene rings is 2. The molecule has 10 heteroatoms. The standard InChI is InChI=1S/C33H44N2O8/c1-8-39-29(36)28(41-26-14-9-22-15-17-34(20-24(22)19-26)30(37)42-32(2,3)4)23-10-12-25(13-11-23)40-27-16-18-35(21-27)31(38)43-33(5,6)7/h9-14,19,27-28H,8,15-18,20-21H2,1-7H3/t27-,28?/m0/s1. The Balaban J connectivity index is 1.42. The summed E-state index contributed by atoms with van der Waals surface area (Å²) in [6, 6.07) is 12.8. The van der Waals surface area contributed by atoms with Gasteiger partial charge in [0, 0.05) is 31.6 Å². The number of rotatable bonds is 7. The molecule has 2 aliphatic heterocycles. The molecular weight excluding hydrogens is 552 g/mol. The molecular formula is C33H44N2O8. The van der Waals surface area contributed by atoms with Gasteiger partial charge in [0.05, 0.1) is 13.2 Å². The number of esters is 1. The summed E-state index contributed by atoms with van der Waals surface area (Å²) in [5, 5.41) is 0. The number of hydrogen-bond donors (Lipinski definition) is 0. The number of carbonyl (C=O) groups excluding carboxylic acids is 3. The van der Waals surface area contributed by atoms with Crippen LogP contribution in [-0.4, -0.2) is 71.5 Å². The van der Waals surface area contributed by atoms with Crippen LogP contribution in [0.25, 0.3) is 0 Å². The summed E-state index contributed by atoms with van der Waals surface area (Å²) in [4.78, 5) is 41.3. The Morgan fingerprint density at radius 2 is 1.47 bits per heavy atom. The maximum atomic E-state index is 13.0. The molecule has 0 saturated carbocycles. The molecule has 2 heterocycles. The molecule has 1 saturated heterocycles. The van der Waals surface area contributed by atoms with Crippen molar-refractivity contribution in [3.05, 3.63) is 59.2 Å². The highest BCUT2D eigenvalue weighted by Gasteiger charge is 2.32. The van der Waals surface area contributed by atoms with E-state index >= 15 is 0 Å². The van der Waals surface area contributed by atoms with Crippen molar-refractivity contribution in [1.82, 2.24) is 9.80 Å². The Morgan fingerprint density at radius 1 is 0.837 bits per heavy atom. The summed E-state index contributed by atoms with van der Waals surface area (Å²) in [6.07, 6.45) is -0.458. The molecule has 0 radical (unpaired) electrons. The third-order valence-electron chi connectivity index (χ3n) is 6.88. The number of fused-ring (bicyclic) bond motifs is 1. The van der Waals surface area contributed by atoms with E-state index in [-0.39, 0.29) is 24.9 Å². The Hall–Kier alpha value is -3.95. The largest absolute Gasteiger partial charge is 0.489 e. The van der Waals surface area contributed by atoms with Gasteiger partial charge in [-0.3, -0.25) is 0 Å². The van der Waals surface area contributed by atoms with E-state index < -0.39 is 23.3 Å². The van der Waals surface area contributed by atoms with Gasteiger partial charge < -0.3 is 33.5 Å². The molecule has 2 aromatic carbocycles. The van der Waals surface area contributed by atoms with Crippen molar-refractivity contribution in [2.75, 3.05) is 26.2 Å². The summed E-state index contributed by atoms with van der Waals surface area (Å²) in [6.45, 7) is 15.0. The van der Waals surface area contributed by atoms with E-state index in [1.165, 1.54) is 0 Å². The van der Waals surface area contributed by atoms with Crippen LogP contribution in [0.2, 0.25) is 0 Å². The third-order valence-corrected chi connectivity index (χ3v) is 6.88. The van der Waals surface area contributed by atoms with Gasteiger partial charge in [-0.25, -0.2) is 14.4 Å². The highest BCUT2D eigenvalue weighted by Crippen LogP contribution is 2.30. The molecule has 1 fully saturated rings. The topological polar surface area (TPSA) is 104 Å². The molecule has 4 rings (SSSR count). The monoisotopic (exact) mass is 596 g/mol. The quantitative estimate of drug-likeness (QED) is 0.281. The van der Waals surface area contributed by atoms with Crippen LogP contribution in [0.5, 0.6) is 11.5 Å². The van der Waals surface area contributed by atoms with Gasteiger partial charge in [-0.15, -0.1) is 0 Å². The highest BCUT2D eigenvalue weighted by atomic mass is 16.6. The summed E-state index contributed by atoms with van der Waals surface area (Å²) in [5.74, 6) is 0.614. The molecule has 10 nitrogen and oxygen atoms in total. The molecule has 2 aromatic rings. The van der Waals surface area contributed by atoms with Gasteiger partial charge in [0.2, 0.25) is 6.10 Å². The van der Waals surface area contributed by atoms with Crippen molar-refractivity contribution in [2.45, 2.75) is 91.3 Å². The normalized spacial score (nSPS) is 17.5. The number of ether oxygens (including phenoxy) is 5. The molecule has 0 aromatic heterocycles. The molecule has 0 bridgehead atoms. The lowest BCUT2D eigenvalue weighted by molar-refractivity contribution is -0.151. The van der Waals surface area contributed by atoms with Crippen LogP contribution in [-0.2, 0) is 32.0 Å². The van der Waals surface area contributed by atoms with Crippen molar-refractivity contribution < 1.29 is 38.1 Å². The average Bonchev–Trinajstić information content (AvgIpc) is 3.39. The number of hydrogen-bond acceptors (Lipinski definition) is 8. The van der Waals surface area contributed by atoms with Crippen LogP contribution < -0.4 is 9.47 Å². The SMILES string of the molecule is CCOC(=O)C(Oc1ccc2c(c1)CN(C(=O)OC(C)(C)C)CC2)c1ccc(O[C@H]2CCN(C(=O)OC(C)(C)C)C2)cc1. The van der Waals surface area contributed by atoms with E-state index in [4.69, 9.17) is 23.7 Å². The van der Waals surface area contributed by atoms with Crippen molar-refractivity contribution in [2.24, 2.45) is 0 Å². The zero-order valence-electron chi connectivity index (χ0n) is 26.3. The Bertz CT molecular complexity index is 1300. The van der Waals surface area contributed by atoms with E-state index in [1.54, 1.807) is 41.0 Å². The lowest BCUT2D eigenvalue weighted by atomic mass is 9.99. The Labute approximate surface area is 254 Å². The first-order valence-corrected chi connectivity index (χ1v) is 14.9. The number of likely N-dealkylation sites (tertiary alicyclic amines) is 1. The van der Waals surface area contributed by atoms with E-state index in [0.717, 1.165) is 11.1 Å². The minimum Gasteiger partial charge on any atom is -0.489 e. The van der Waals surface area contributed by atoms with E-state index in [0.29, 0.717) is 56.1 Å². The van der Waals surface area contributed by atoms with Gasteiger partial charge in [0.1, 0.15) is 28.8 Å². The summed E-state index contributed by atoms with van der Waals surface area (Å²) in [7, 11) is 0. The molecule has 234 valence electrons. The first-order chi connectivity index (χ1) is 20.2. The fourth-order valence-corrected chi connectivity index (χ4v) is 4.93. The Kier molecular flexibility index (Phi) is 9.77. The van der Waals surface area contributed by atoms with Crippen molar-refractivity contribution in [3.8, 4) is 11.5 Å². The van der Waals surface area contributed by atoms with Gasteiger partial charge in [0.15, 0.2) is 0 Å². The van der Waals surface area contributed by atoms with E-state index in [2.05, 4.69) is 0 Å². The van der Waals surface area contributed by atoms with Crippen molar-refractivity contribution in [3.63, 3.8) is 0 Å². The average molecular weight is 597 g/mol. The van der Waals surface area contributed by atoms with Gasteiger partial charge in [-0.05, 0) is 90.3 Å². The fraction of sp³-hybridized carbons (Fsp3) is 0.545. The van der Waals surface area contributed by atoms with Gasteiger partial charge in [-0.1, -0.05) is 18.2 Å².